The van der Waals surface area contributed by atoms with Crippen molar-refractivity contribution in [3.8, 4) is 0 Å². The fraction of sp³-hybridized carbons (Fsp3) is 0.733. The van der Waals surface area contributed by atoms with E-state index in [-0.39, 0.29) is 0 Å². The van der Waals surface area contributed by atoms with Crippen LogP contribution in [0.15, 0.2) is 6.33 Å². The van der Waals surface area contributed by atoms with E-state index in [0.717, 1.165) is 42.8 Å². The van der Waals surface area contributed by atoms with Crippen LogP contribution in [-0.4, -0.2) is 34.1 Å². The van der Waals surface area contributed by atoms with Crippen molar-refractivity contribution in [2.75, 3.05) is 29.5 Å². The molecule has 1 aliphatic rings. The predicted octanol–water partition coefficient (Wildman–Crippen LogP) is 3.56. The Kier molecular flexibility index (Phi) is 6.43. The topological polar surface area (TPSA) is 49.8 Å². The second kappa shape index (κ2) is 8.35. The van der Waals surface area contributed by atoms with Gasteiger partial charge in [-0.3, -0.25) is 0 Å². The number of thioether (sulfide) groups is 1. The van der Waals surface area contributed by atoms with E-state index in [2.05, 4.69) is 46.2 Å². The zero-order valence-electron chi connectivity index (χ0n) is 12.6. The minimum atomic E-state index is 0.732. The number of anilines is 2. The van der Waals surface area contributed by atoms with E-state index in [1.54, 1.807) is 6.33 Å². The van der Waals surface area contributed by atoms with Crippen LogP contribution < -0.4 is 10.6 Å². The zero-order chi connectivity index (χ0) is 14.2. The van der Waals surface area contributed by atoms with Crippen LogP contribution in [0.4, 0.5) is 11.6 Å². The van der Waals surface area contributed by atoms with Crippen LogP contribution in [0.5, 0.6) is 0 Å². The van der Waals surface area contributed by atoms with Crippen molar-refractivity contribution >= 4 is 23.4 Å². The molecule has 5 heteroatoms. The summed E-state index contributed by atoms with van der Waals surface area (Å²) in [5, 5.41) is 7.63. The second-order valence-corrected chi connectivity index (χ2v) is 6.61. The molecule has 1 aliphatic heterocycles. The number of rotatable bonds is 7. The quantitative estimate of drug-likeness (QED) is 0.805. The number of aromatic nitrogens is 2. The third-order valence-electron chi connectivity index (χ3n) is 3.56. The van der Waals surface area contributed by atoms with Crippen molar-refractivity contribution in [1.29, 1.82) is 0 Å². The maximum Gasteiger partial charge on any atom is 0.134 e. The van der Waals surface area contributed by atoms with Crippen LogP contribution >= 0.6 is 11.8 Å². The van der Waals surface area contributed by atoms with Gasteiger partial charge in [-0.05, 0) is 31.9 Å². The molecule has 1 atom stereocenters. The first-order chi connectivity index (χ1) is 9.85. The van der Waals surface area contributed by atoms with Crippen LogP contribution in [0.2, 0.25) is 0 Å². The smallest absolute Gasteiger partial charge is 0.134 e. The van der Waals surface area contributed by atoms with Crippen molar-refractivity contribution in [2.45, 2.75) is 51.2 Å². The average Bonchev–Trinajstić information content (AvgIpc) is 2.49. The van der Waals surface area contributed by atoms with Crippen molar-refractivity contribution in [2.24, 2.45) is 0 Å². The minimum Gasteiger partial charge on any atom is -0.370 e. The molecule has 0 bridgehead atoms. The van der Waals surface area contributed by atoms with Crippen LogP contribution in [0.1, 0.15) is 45.1 Å². The average molecular weight is 294 g/mol. The van der Waals surface area contributed by atoms with Gasteiger partial charge in [0.1, 0.15) is 18.0 Å². The zero-order valence-corrected chi connectivity index (χ0v) is 13.4. The molecule has 1 unspecified atom stereocenters. The monoisotopic (exact) mass is 294 g/mol. The van der Waals surface area contributed by atoms with Crippen molar-refractivity contribution in [3.05, 3.63) is 11.9 Å². The van der Waals surface area contributed by atoms with Gasteiger partial charge < -0.3 is 10.6 Å². The number of nitrogens with one attached hydrogen (secondary N) is 2. The second-order valence-electron chi connectivity index (χ2n) is 5.20. The lowest BCUT2D eigenvalue weighted by molar-refractivity contribution is 0.676. The van der Waals surface area contributed by atoms with Gasteiger partial charge in [-0.25, -0.2) is 9.97 Å². The third kappa shape index (κ3) is 4.27. The first-order valence-corrected chi connectivity index (χ1v) is 8.83. The van der Waals surface area contributed by atoms with Gasteiger partial charge in [-0.1, -0.05) is 19.8 Å². The van der Waals surface area contributed by atoms with Crippen LogP contribution in [0.3, 0.4) is 0 Å². The van der Waals surface area contributed by atoms with E-state index in [0.29, 0.717) is 0 Å². The molecule has 20 heavy (non-hydrogen) atoms. The molecule has 2 heterocycles. The molecule has 1 aromatic rings. The molecule has 0 spiro atoms. The van der Waals surface area contributed by atoms with Gasteiger partial charge in [-0.2, -0.15) is 11.8 Å². The summed E-state index contributed by atoms with van der Waals surface area (Å²) in [5.74, 6) is 3.31. The molecular weight excluding hydrogens is 268 g/mol. The minimum absolute atomic E-state index is 0.732. The predicted molar refractivity (Wildman–Crippen MR) is 88.8 cm³/mol. The SMILES string of the molecule is CCCc1c(NCC)ncnc1NCC1CCCCS1. The van der Waals surface area contributed by atoms with E-state index in [9.17, 15) is 0 Å². The molecule has 0 radical (unpaired) electrons. The Morgan fingerprint density at radius 1 is 1.20 bits per heavy atom. The largest absolute Gasteiger partial charge is 0.370 e. The summed E-state index contributed by atoms with van der Waals surface area (Å²) in [7, 11) is 0. The first-order valence-electron chi connectivity index (χ1n) is 7.78. The lowest BCUT2D eigenvalue weighted by atomic mass is 10.1. The Hall–Kier alpha value is -0.970. The lowest BCUT2D eigenvalue weighted by Gasteiger charge is -2.22. The summed E-state index contributed by atoms with van der Waals surface area (Å²) >= 11 is 2.09. The Balaban J connectivity index is 2.02. The molecule has 0 saturated carbocycles. The van der Waals surface area contributed by atoms with E-state index >= 15 is 0 Å². The highest BCUT2D eigenvalue weighted by molar-refractivity contribution is 7.99. The van der Waals surface area contributed by atoms with Gasteiger partial charge in [0.15, 0.2) is 0 Å². The highest BCUT2D eigenvalue weighted by Gasteiger charge is 2.15. The number of hydrogen-bond donors (Lipinski definition) is 2. The maximum absolute atomic E-state index is 4.45. The highest BCUT2D eigenvalue weighted by Crippen LogP contribution is 2.26. The molecule has 4 nitrogen and oxygen atoms in total. The van der Waals surface area contributed by atoms with Crippen LogP contribution in [0.25, 0.3) is 0 Å². The summed E-state index contributed by atoms with van der Waals surface area (Å²) < 4.78 is 0. The summed E-state index contributed by atoms with van der Waals surface area (Å²) in [6.07, 6.45) is 7.86. The van der Waals surface area contributed by atoms with Gasteiger partial charge in [0.05, 0.1) is 0 Å². The van der Waals surface area contributed by atoms with Crippen LogP contribution in [0, 0.1) is 0 Å². The van der Waals surface area contributed by atoms with Crippen molar-refractivity contribution in [1.82, 2.24) is 9.97 Å². The number of nitrogens with zero attached hydrogens (tertiary/aromatic N) is 2. The standard InChI is InChI=1S/C15H26N4S/c1-3-7-13-14(16-4-2)18-11-19-15(13)17-10-12-8-5-6-9-20-12/h11-12H,3-10H2,1-2H3,(H2,16,17,18,19). The Morgan fingerprint density at radius 3 is 2.65 bits per heavy atom. The van der Waals surface area contributed by atoms with Gasteiger partial charge in [0.2, 0.25) is 0 Å². The van der Waals surface area contributed by atoms with E-state index in [1.165, 1.54) is 30.6 Å². The molecule has 1 fully saturated rings. The molecule has 2 rings (SSSR count). The molecule has 1 saturated heterocycles. The molecule has 0 aromatic carbocycles. The van der Waals surface area contributed by atoms with Crippen molar-refractivity contribution in [3.63, 3.8) is 0 Å². The molecule has 1 aromatic heterocycles. The van der Waals surface area contributed by atoms with Crippen molar-refractivity contribution < 1.29 is 0 Å². The van der Waals surface area contributed by atoms with Gasteiger partial charge >= 0.3 is 0 Å². The summed E-state index contributed by atoms with van der Waals surface area (Å²) in [6, 6.07) is 0. The summed E-state index contributed by atoms with van der Waals surface area (Å²) in [5.41, 5.74) is 1.23. The molecule has 112 valence electrons. The maximum atomic E-state index is 4.45. The molecule has 0 amide bonds. The lowest BCUT2D eigenvalue weighted by Crippen LogP contribution is -2.21. The molecular formula is C15H26N4S. The Morgan fingerprint density at radius 2 is 2.00 bits per heavy atom. The Bertz CT molecular complexity index is 405. The summed E-state index contributed by atoms with van der Waals surface area (Å²) in [6.45, 7) is 6.21. The van der Waals surface area contributed by atoms with Crippen LogP contribution in [-0.2, 0) is 6.42 Å². The fourth-order valence-corrected chi connectivity index (χ4v) is 3.79. The van der Waals surface area contributed by atoms with Gasteiger partial charge in [0, 0.05) is 23.9 Å². The fourth-order valence-electron chi connectivity index (χ4n) is 2.55. The van der Waals surface area contributed by atoms with E-state index in [1.807, 2.05) is 0 Å². The van der Waals surface area contributed by atoms with E-state index in [4.69, 9.17) is 0 Å². The van der Waals surface area contributed by atoms with Gasteiger partial charge in [-0.15, -0.1) is 0 Å². The third-order valence-corrected chi connectivity index (χ3v) is 4.96. The highest BCUT2D eigenvalue weighted by atomic mass is 32.2. The molecule has 0 aliphatic carbocycles. The normalized spacial score (nSPS) is 18.8. The van der Waals surface area contributed by atoms with Gasteiger partial charge in [0.25, 0.3) is 0 Å². The Labute approximate surface area is 126 Å². The molecule has 2 N–H and O–H groups in total. The van der Waals surface area contributed by atoms with E-state index < -0.39 is 0 Å². The first kappa shape index (κ1) is 15.4. The summed E-state index contributed by atoms with van der Waals surface area (Å²) in [4.78, 5) is 8.83. The number of hydrogen-bond acceptors (Lipinski definition) is 5.